The largest absolute Gasteiger partial charge is 0.490 e. The lowest BCUT2D eigenvalue weighted by atomic mass is 9.78. The van der Waals surface area contributed by atoms with Crippen LogP contribution in [0.2, 0.25) is 0 Å². The third-order valence-corrected chi connectivity index (χ3v) is 4.25. The van der Waals surface area contributed by atoms with E-state index in [-0.39, 0.29) is 17.5 Å². The van der Waals surface area contributed by atoms with E-state index in [1.54, 1.807) is 0 Å². The van der Waals surface area contributed by atoms with Crippen LogP contribution in [0, 0.1) is 0 Å². The van der Waals surface area contributed by atoms with Crippen molar-refractivity contribution < 1.29 is 9.47 Å². The predicted octanol–water partition coefficient (Wildman–Crippen LogP) is 3.10. The summed E-state index contributed by atoms with van der Waals surface area (Å²) in [6.45, 7) is 5.46. The molecule has 1 unspecified atom stereocenters. The molecule has 3 rings (SSSR count). The number of rotatable bonds is 5. The first-order valence-corrected chi connectivity index (χ1v) is 7.81. The summed E-state index contributed by atoms with van der Waals surface area (Å²) in [4.78, 5) is 4.00. The van der Waals surface area contributed by atoms with Crippen molar-refractivity contribution >= 4 is 6.02 Å². The molecule has 1 aliphatic rings. The molecule has 0 saturated carbocycles. The Labute approximate surface area is 136 Å². The molecule has 0 radical (unpaired) electrons. The highest BCUT2D eigenvalue weighted by molar-refractivity contribution is 5.73. The summed E-state index contributed by atoms with van der Waals surface area (Å²) in [5.41, 5.74) is 7.99. The van der Waals surface area contributed by atoms with Crippen LogP contribution in [-0.2, 0) is 10.2 Å². The van der Waals surface area contributed by atoms with Crippen LogP contribution in [0.1, 0.15) is 25.0 Å². The molecule has 0 bridgehead atoms. The van der Waals surface area contributed by atoms with Gasteiger partial charge in [-0.2, -0.15) is 0 Å². The van der Waals surface area contributed by atoms with E-state index < -0.39 is 0 Å². The third kappa shape index (κ3) is 3.47. The van der Waals surface area contributed by atoms with Crippen molar-refractivity contribution in [1.82, 2.24) is 0 Å². The second kappa shape index (κ2) is 6.32. The minimum absolute atomic E-state index is 0.0450. The molecule has 0 spiro atoms. The summed E-state index contributed by atoms with van der Waals surface area (Å²) in [5, 5.41) is 0. The lowest BCUT2D eigenvalue weighted by Crippen LogP contribution is -2.24. The van der Waals surface area contributed by atoms with Gasteiger partial charge in [-0.15, -0.1) is 0 Å². The van der Waals surface area contributed by atoms with E-state index in [2.05, 4.69) is 55.2 Å². The highest BCUT2D eigenvalue weighted by Crippen LogP contribution is 2.32. The lowest BCUT2D eigenvalue weighted by Gasteiger charge is -2.26. The number of amidine groups is 1. The summed E-state index contributed by atoms with van der Waals surface area (Å²) >= 11 is 0. The monoisotopic (exact) mass is 310 g/mol. The van der Waals surface area contributed by atoms with E-state index >= 15 is 0 Å². The average molecular weight is 310 g/mol. The van der Waals surface area contributed by atoms with E-state index in [9.17, 15) is 0 Å². The molecule has 23 heavy (non-hydrogen) atoms. The number of nitrogens with zero attached hydrogens (tertiary/aromatic N) is 1. The molecular formula is C19H22N2O2. The Hall–Kier alpha value is -2.49. The van der Waals surface area contributed by atoms with Gasteiger partial charge in [0.1, 0.15) is 12.4 Å². The molecule has 2 aromatic carbocycles. The molecule has 0 amide bonds. The minimum atomic E-state index is -0.0876. The predicted molar refractivity (Wildman–Crippen MR) is 91.9 cm³/mol. The molecule has 0 saturated heterocycles. The van der Waals surface area contributed by atoms with Crippen LogP contribution in [0.15, 0.2) is 59.6 Å². The van der Waals surface area contributed by atoms with Crippen molar-refractivity contribution in [3.05, 3.63) is 65.7 Å². The number of hydrogen-bond donors (Lipinski definition) is 1. The number of nitrogens with two attached hydrogens (primary N) is 1. The molecule has 0 fully saturated rings. The van der Waals surface area contributed by atoms with E-state index in [1.165, 1.54) is 11.1 Å². The Balaban J connectivity index is 1.65. The van der Waals surface area contributed by atoms with Crippen molar-refractivity contribution in [3.63, 3.8) is 0 Å². The topological polar surface area (TPSA) is 56.8 Å². The van der Waals surface area contributed by atoms with Gasteiger partial charge in [0.15, 0.2) is 6.10 Å². The highest BCUT2D eigenvalue weighted by Gasteiger charge is 2.23. The standard InChI is InChI=1S/C19H22N2O2/c1-19(2,14-6-4-3-5-7-14)15-8-10-16(11-9-15)22-13-17-12-21-18(20)23-17/h3-11,17H,12-13H2,1-2H3,(H2,20,21). The van der Waals surface area contributed by atoms with Crippen molar-refractivity contribution in [2.24, 2.45) is 10.7 Å². The maximum Gasteiger partial charge on any atom is 0.282 e. The fourth-order valence-electron chi connectivity index (χ4n) is 2.70. The normalized spacial score (nSPS) is 17.5. The summed E-state index contributed by atoms with van der Waals surface area (Å²) in [6.07, 6.45) is -0.0876. The molecule has 4 nitrogen and oxygen atoms in total. The Morgan fingerprint density at radius 3 is 2.35 bits per heavy atom. The van der Waals surface area contributed by atoms with Gasteiger partial charge in [-0.3, -0.25) is 0 Å². The zero-order valence-corrected chi connectivity index (χ0v) is 13.5. The van der Waals surface area contributed by atoms with Crippen LogP contribution < -0.4 is 10.5 Å². The molecule has 0 aromatic heterocycles. The van der Waals surface area contributed by atoms with Crippen LogP contribution in [0.25, 0.3) is 0 Å². The van der Waals surface area contributed by atoms with Crippen molar-refractivity contribution in [2.45, 2.75) is 25.4 Å². The van der Waals surface area contributed by atoms with Gasteiger partial charge in [-0.1, -0.05) is 56.3 Å². The maximum absolute atomic E-state index is 5.76. The molecule has 1 aliphatic heterocycles. The number of hydrogen-bond acceptors (Lipinski definition) is 4. The highest BCUT2D eigenvalue weighted by atomic mass is 16.5. The Kier molecular flexibility index (Phi) is 4.24. The minimum Gasteiger partial charge on any atom is -0.490 e. The fraction of sp³-hybridized carbons (Fsp3) is 0.316. The van der Waals surface area contributed by atoms with E-state index in [0.29, 0.717) is 13.2 Å². The summed E-state index contributed by atoms with van der Waals surface area (Å²) in [5.74, 6) is 0.826. The van der Waals surface area contributed by atoms with Gasteiger partial charge in [0, 0.05) is 5.41 Å². The molecule has 2 aromatic rings. The van der Waals surface area contributed by atoms with Crippen LogP contribution in [-0.4, -0.2) is 25.3 Å². The van der Waals surface area contributed by atoms with Crippen LogP contribution in [0.5, 0.6) is 5.75 Å². The van der Waals surface area contributed by atoms with Gasteiger partial charge in [-0.25, -0.2) is 4.99 Å². The number of benzene rings is 2. The molecular weight excluding hydrogens is 288 g/mol. The van der Waals surface area contributed by atoms with Gasteiger partial charge < -0.3 is 15.2 Å². The molecule has 120 valence electrons. The van der Waals surface area contributed by atoms with Gasteiger partial charge in [0.25, 0.3) is 6.02 Å². The second-order valence-corrected chi connectivity index (χ2v) is 6.25. The molecule has 1 atom stereocenters. The summed E-state index contributed by atoms with van der Waals surface area (Å²) in [6, 6.07) is 19.0. The Bertz CT molecular complexity index is 678. The van der Waals surface area contributed by atoms with Crippen LogP contribution >= 0.6 is 0 Å². The number of aliphatic imine (C=N–C) groups is 1. The van der Waals surface area contributed by atoms with E-state index in [0.717, 1.165) is 5.75 Å². The fourth-order valence-corrected chi connectivity index (χ4v) is 2.70. The SMILES string of the molecule is CC(C)(c1ccccc1)c1ccc(OCC2CN=C(N)O2)cc1. The summed E-state index contributed by atoms with van der Waals surface area (Å²) in [7, 11) is 0. The first-order valence-electron chi connectivity index (χ1n) is 7.81. The maximum atomic E-state index is 5.76. The molecule has 4 heteroatoms. The Morgan fingerprint density at radius 1 is 1.09 bits per heavy atom. The molecule has 2 N–H and O–H groups in total. The first kappa shape index (κ1) is 15.4. The first-order chi connectivity index (χ1) is 11.1. The number of ether oxygens (including phenoxy) is 2. The van der Waals surface area contributed by atoms with Gasteiger partial charge >= 0.3 is 0 Å². The van der Waals surface area contributed by atoms with Crippen molar-refractivity contribution in [2.75, 3.05) is 13.2 Å². The Morgan fingerprint density at radius 2 is 1.74 bits per heavy atom. The molecule has 0 aliphatic carbocycles. The zero-order valence-electron chi connectivity index (χ0n) is 13.5. The van der Waals surface area contributed by atoms with Crippen molar-refractivity contribution in [1.29, 1.82) is 0 Å². The second-order valence-electron chi connectivity index (χ2n) is 6.25. The van der Waals surface area contributed by atoms with Crippen molar-refractivity contribution in [3.8, 4) is 5.75 Å². The van der Waals surface area contributed by atoms with E-state index in [1.807, 2.05) is 18.2 Å². The molecule has 1 heterocycles. The van der Waals surface area contributed by atoms with Gasteiger partial charge in [0.05, 0.1) is 6.54 Å². The van der Waals surface area contributed by atoms with Gasteiger partial charge in [0.2, 0.25) is 0 Å². The van der Waals surface area contributed by atoms with Gasteiger partial charge in [-0.05, 0) is 23.3 Å². The quantitative estimate of drug-likeness (QED) is 0.923. The zero-order chi connectivity index (χ0) is 16.3. The van der Waals surface area contributed by atoms with Crippen LogP contribution in [0.3, 0.4) is 0 Å². The summed E-state index contributed by atoms with van der Waals surface area (Å²) < 4.78 is 11.1. The third-order valence-electron chi connectivity index (χ3n) is 4.25. The lowest BCUT2D eigenvalue weighted by molar-refractivity contribution is 0.141. The van der Waals surface area contributed by atoms with Crippen LogP contribution in [0.4, 0.5) is 0 Å². The average Bonchev–Trinajstić information content (AvgIpc) is 3.00. The smallest absolute Gasteiger partial charge is 0.282 e. The van der Waals surface area contributed by atoms with E-state index in [4.69, 9.17) is 15.2 Å².